The van der Waals surface area contributed by atoms with Gasteiger partial charge >= 0.3 is 0 Å². The SMILES string of the molecule is N#Cc1ccc(Cl)cc1S(=O)(=O)N1CC2CNCC2C1. The van der Waals surface area contributed by atoms with E-state index in [1.165, 1.54) is 22.5 Å². The molecule has 0 radical (unpaired) electrons. The number of hydrogen-bond acceptors (Lipinski definition) is 4. The molecular formula is C13H14ClN3O2S. The fraction of sp³-hybridized carbons (Fsp3) is 0.462. The van der Waals surface area contributed by atoms with Crippen molar-refractivity contribution in [3.8, 4) is 6.07 Å². The lowest BCUT2D eigenvalue weighted by atomic mass is 10.0. The molecule has 3 rings (SSSR count). The van der Waals surface area contributed by atoms with Crippen LogP contribution in [0.4, 0.5) is 0 Å². The molecule has 0 aromatic heterocycles. The highest BCUT2D eigenvalue weighted by Gasteiger charge is 2.42. The summed E-state index contributed by atoms with van der Waals surface area (Å²) in [5.41, 5.74) is 0.143. The van der Waals surface area contributed by atoms with E-state index in [0.717, 1.165) is 13.1 Å². The smallest absolute Gasteiger partial charge is 0.244 e. The number of fused-ring (bicyclic) bond motifs is 1. The summed E-state index contributed by atoms with van der Waals surface area (Å²) in [6, 6.07) is 6.27. The lowest BCUT2D eigenvalue weighted by Gasteiger charge is -2.18. The van der Waals surface area contributed by atoms with Gasteiger partial charge < -0.3 is 5.32 Å². The molecule has 2 aliphatic heterocycles. The lowest BCUT2D eigenvalue weighted by Crippen LogP contribution is -2.32. The van der Waals surface area contributed by atoms with Crippen LogP contribution in [-0.4, -0.2) is 38.9 Å². The highest BCUT2D eigenvalue weighted by molar-refractivity contribution is 7.89. The second-order valence-electron chi connectivity index (χ2n) is 5.25. The van der Waals surface area contributed by atoms with Gasteiger partial charge in [0.2, 0.25) is 10.0 Å². The van der Waals surface area contributed by atoms with Crippen LogP contribution >= 0.6 is 11.6 Å². The van der Waals surface area contributed by atoms with Crippen LogP contribution in [0.25, 0.3) is 0 Å². The molecule has 2 atom stereocenters. The van der Waals surface area contributed by atoms with E-state index >= 15 is 0 Å². The van der Waals surface area contributed by atoms with Crippen LogP contribution in [0.2, 0.25) is 5.02 Å². The van der Waals surface area contributed by atoms with Gasteiger partial charge in [0.25, 0.3) is 0 Å². The van der Waals surface area contributed by atoms with Crippen LogP contribution in [-0.2, 0) is 10.0 Å². The zero-order chi connectivity index (χ0) is 14.3. The zero-order valence-electron chi connectivity index (χ0n) is 10.7. The van der Waals surface area contributed by atoms with E-state index in [2.05, 4.69) is 5.32 Å². The van der Waals surface area contributed by atoms with E-state index < -0.39 is 10.0 Å². The van der Waals surface area contributed by atoms with Gasteiger partial charge in [0, 0.05) is 18.1 Å². The molecule has 0 spiro atoms. The van der Waals surface area contributed by atoms with Crippen molar-refractivity contribution in [2.45, 2.75) is 4.90 Å². The van der Waals surface area contributed by atoms with E-state index in [4.69, 9.17) is 16.9 Å². The largest absolute Gasteiger partial charge is 0.316 e. The van der Waals surface area contributed by atoms with Crippen LogP contribution < -0.4 is 5.32 Å². The third-order valence-electron chi connectivity index (χ3n) is 4.04. The Kier molecular flexibility index (Phi) is 3.46. The predicted octanol–water partition coefficient (Wildman–Crippen LogP) is 1.05. The number of hydrogen-bond donors (Lipinski definition) is 1. The molecule has 7 heteroatoms. The minimum atomic E-state index is -3.65. The summed E-state index contributed by atoms with van der Waals surface area (Å²) in [5.74, 6) is 0.740. The summed E-state index contributed by atoms with van der Waals surface area (Å²) < 4.78 is 26.9. The van der Waals surface area contributed by atoms with Crippen LogP contribution in [0.15, 0.2) is 23.1 Å². The van der Waals surface area contributed by atoms with Crippen LogP contribution in [0.5, 0.6) is 0 Å². The second kappa shape index (κ2) is 5.01. The Balaban J connectivity index is 1.97. The maximum atomic E-state index is 12.7. The van der Waals surface area contributed by atoms with Gasteiger partial charge in [-0.2, -0.15) is 9.57 Å². The van der Waals surface area contributed by atoms with E-state index in [1.807, 2.05) is 6.07 Å². The summed E-state index contributed by atoms with van der Waals surface area (Å²) in [4.78, 5) is 0.0143. The molecule has 1 aromatic rings. The molecule has 0 saturated carbocycles. The van der Waals surface area contributed by atoms with E-state index in [0.29, 0.717) is 29.9 Å². The van der Waals surface area contributed by atoms with Gasteiger partial charge in [-0.3, -0.25) is 0 Å². The standard InChI is InChI=1S/C13H14ClN3O2S/c14-12-2-1-9(4-15)13(3-12)20(18,19)17-7-10-5-16-6-11(10)8-17/h1-3,10-11,16H,5-8H2. The van der Waals surface area contributed by atoms with Crippen molar-refractivity contribution in [2.75, 3.05) is 26.2 Å². The number of benzene rings is 1. The molecule has 2 heterocycles. The van der Waals surface area contributed by atoms with Crippen LogP contribution in [0.1, 0.15) is 5.56 Å². The van der Waals surface area contributed by atoms with Gasteiger partial charge in [-0.05, 0) is 43.1 Å². The normalized spacial score (nSPS) is 26.4. The Morgan fingerprint density at radius 3 is 2.55 bits per heavy atom. The first-order valence-electron chi connectivity index (χ1n) is 6.43. The lowest BCUT2D eigenvalue weighted by molar-refractivity contribution is 0.448. The van der Waals surface area contributed by atoms with Crippen molar-refractivity contribution in [1.82, 2.24) is 9.62 Å². The molecule has 2 unspecified atom stereocenters. The number of halogens is 1. The molecule has 2 fully saturated rings. The second-order valence-corrected chi connectivity index (χ2v) is 7.60. The molecule has 106 valence electrons. The van der Waals surface area contributed by atoms with Gasteiger partial charge in [-0.15, -0.1) is 0 Å². The van der Waals surface area contributed by atoms with Gasteiger partial charge in [0.15, 0.2) is 0 Å². The fourth-order valence-electron chi connectivity index (χ4n) is 2.95. The molecule has 5 nitrogen and oxygen atoms in total. The van der Waals surface area contributed by atoms with Crippen molar-refractivity contribution < 1.29 is 8.42 Å². The van der Waals surface area contributed by atoms with Crippen molar-refractivity contribution in [1.29, 1.82) is 5.26 Å². The monoisotopic (exact) mass is 311 g/mol. The van der Waals surface area contributed by atoms with Gasteiger partial charge in [0.05, 0.1) is 5.56 Å². The minimum absolute atomic E-state index is 0.0143. The topological polar surface area (TPSA) is 73.2 Å². The maximum absolute atomic E-state index is 12.7. The van der Waals surface area contributed by atoms with Crippen molar-refractivity contribution in [3.63, 3.8) is 0 Å². The highest BCUT2D eigenvalue weighted by Crippen LogP contribution is 2.32. The minimum Gasteiger partial charge on any atom is -0.316 e. The third-order valence-corrected chi connectivity index (χ3v) is 6.14. The first-order valence-corrected chi connectivity index (χ1v) is 8.24. The quantitative estimate of drug-likeness (QED) is 0.886. The van der Waals surface area contributed by atoms with Crippen molar-refractivity contribution >= 4 is 21.6 Å². The van der Waals surface area contributed by atoms with Gasteiger partial charge in [-0.25, -0.2) is 8.42 Å². The Morgan fingerprint density at radius 1 is 1.30 bits per heavy atom. The van der Waals surface area contributed by atoms with Crippen LogP contribution in [0, 0.1) is 23.2 Å². The molecule has 0 bridgehead atoms. The fourth-order valence-corrected chi connectivity index (χ4v) is 4.91. The van der Waals surface area contributed by atoms with E-state index in [9.17, 15) is 8.42 Å². The average molecular weight is 312 g/mol. The molecule has 0 aliphatic carbocycles. The summed E-state index contributed by atoms with van der Waals surface area (Å²) >= 11 is 5.88. The van der Waals surface area contributed by atoms with Gasteiger partial charge in [-0.1, -0.05) is 11.6 Å². The van der Waals surface area contributed by atoms with Crippen molar-refractivity contribution in [2.24, 2.45) is 11.8 Å². The molecule has 1 N–H and O–H groups in total. The molecular weight excluding hydrogens is 298 g/mol. The molecule has 20 heavy (non-hydrogen) atoms. The zero-order valence-corrected chi connectivity index (χ0v) is 12.3. The number of rotatable bonds is 2. The van der Waals surface area contributed by atoms with Crippen LogP contribution in [0.3, 0.4) is 0 Å². The Labute approximate surface area is 123 Å². The number of sulfonamides is 1. The summed E-state index contributed by atoms with van der Waals surface area (Å²) in [6.45, 7) is 2.74. The first kappa shape index (κ1) is 13.8. The Hall–Kier alpha value is -1.13. The third kappa shape index (κ3) is 2.21. The number of nitrogens with one attached hydrogen (secondary N) is 1. The predicted molar refractivity (Wildman–Crippen MR) is 74.8 cm³/mol. The number of nitrogens with zero attached hydrogens (tertiary/aromatic N) is 2. The summed E-state index contributed by atoms with van der Waals surface area (Å²) in [7, 11) is -3.65. The molecule has 0 amide bonds. The van der Waals surface area contributed by atoms with Crippen molar-refractivity contribution in [3.05, 3.63) is 28.8 Å². The van der Waals surface area contributed by atoms with E-state index in [-0.39, 0.29) is 10.5 Å². The Morgan fingerprint density at radius 2 is 1.95 bits per heavy atom. The maximum Gasteiger partial charge on any atom is 0.244 e. The summed E-state index contributed by atoms with van der Waals surface area (Å²) in [6.07, 6.45) is 0. The highest BCUT2D eigenvalue weighted by atomic mass is 35.5. The molecule has 2 aliphatic rings. The first-order chi connectivity index (χ1) is 9.52. The van der Waals surface area contributed by atoms with Gasteiger partial charge in [0.1, 0.15) is 11.0 Å². The average Bonchev–Trinajstić information content (AvgIpc) is 2.99. The summed E-state index contributed by atoms with van der Waals surface area (Å²) in [5, 5.41) is 12.7. The number of nitriles is 1. The van der Waals surface area contributed by atoms with E-state index in [1.54, 1.807) is 0 Å². The molecule has 1 aromatic carbocycles. The Bertz CT molecular complexity index is 671. The molecule has 2 saturated heterocycles.